The molecule has 0 fully saturated rings. The summed E-state index contributed by atoms with van der Waals surface area (Å²) in [6.45, 7) is 4.40. The van der Waals surface area contributed by atoms with Gasteiger partial charge >= 0.3 is 5.69 Å². The standard InChI is InChI=1S/C14H19N5O2/c1-4-5-7-18-8-6-9-19-10-11(15-13(18)19)16(2)14(21)17(3)12(10)20/h4-5H,6-9H2,1-3H3/b5-4+. The second-order valence-corrected chi connectivity index (χ2v) is 5.31. The summed E-state index contributed by atoms with van der Waals surface area (Å²) in [6.07, 6.45) is 5.02. The Morgan fingerprint density at radius 3 is 2.67 bits per heavy atom. The van der Waals surface area contributed by atoms with E-state index in [2.05, 4.69) is 16.0 Å². The van der Waals surface area contributed by atoms with E-state index in [4.69, 9.17) is 0 Å². The van der Waals surface area contributed by atoms with Crippen molar-refractivity contribution < 1.29 is 0 Å². The Morgan fingerprint density at radius 2 is 1.95 bits per heavy atom. The van der Waals surface area contributed by atoms with Gasteiger partial charge in [0, 0.05) is 33.7 Å². The maximum Gasteiger partial charge on any atom is 0.332 e. The molecule has 0 saturated heterocycles. The van der Waals surface area contributed by atoms with Crippen molar-refractivity contribution in [2.45, 2.75) is 19.9 Å². The molecule has 0 aliphatic carbocycles. The molecule has 0 aromatic carbocycles. The summed E-state index contributed by atoms with van der Waals surface area (Å²) < 4.78 is 4.52. The molecule has 1 aliphatic rings. The molecular weight excluding hydrogens is 270 g/mol. The summed E-state index contributed by atoms with van der Waals surface area (Å²) in [5.74, 6) is 0.771. The molecule has 0 unspecified atom stereocenters. The van der Waals surface area contributed by atoms with Crippen LogP contribution in [0, 0.1) is 0 Å². The molecule has 21 heavy (non-hydrogen) atoms. The van der Waals surface area contributed by atoms with Gasteiger partial charge in [-0.15, -0.1) is 0 Å². The summed E-state index contributed by atoms with van der Waals surface area (Å²) in [7, 11) is 3.16. The Labute approximate surface area is 121 Å². The Kier molecular flexibility index (Phi) is 3.19. The van der Waals surface area contributed by atoms with Gasteiger partial charge in [0.2, 0.25) is 5.95 Å². The third-order valence-corrected chi connectivity index (χ3v) is 3.98. The first-order chi connectivity index (χ1) is 10.1. The molecule has 0 atom stereocenters. The molecule has 2 aromatic rings. The molecule has 0 radical (unpaired) electrons. The zero-order chi connectivity index (χ0) is 15.1. The Bertz CT molecular complexity index is 840. The monoisotopic (exact) mass is 289 g/mol. The molecule has 0 spiro atoms. The van der Waals surface area contributed by atoms with Gasteiger partial charge in [0.25, 0.3) is 5.56 Å². The van der Waals surface area contributed by atoms with Gasteiger partial charge < -0.3 is 9.47 Å². The lowest BCUT2D eigenvalue weighted by Crippen LogP contribution is -2.38. The minimum Gasteiger partial charge on any atom is -0.338 e. The largest absolute Gasteiger partial charge is 0.338 e. The number of hydrogen-bond donors (Lipinski definition) is 0. The molecule has 0 saturated carbocycles. The van der Waals surface area contributed by atoms with Crippen LogP contribution in [0.1, 0.15) is 13.3 Å². The normalized spacial score (nSPS) is 15.1. The van der Waals surface area contributed by atoms with E-state index in [1.54, 1.807) is 7.05 Å². The molecule has 7 nitrogen and oxygen atoms in total. The fourth-order valence-electron chi connectivity index (χ4n) is 2.81. The quantitative estimate of drug-likeness (QED) is 0.742. The average molecular weight is 289 g/mol. The van der Waals surface area contributed by atoms with Crippen molar-refractivity contribution in [1.29, 1.82) is 0 Å². The molecule has 2 aromatic heterocycles. The van der Waals surface area contributed by atoms with E-state index in [0.29, 0.717) is 11.2 Å². The van der Waals surface area contributed by atoms with Crippen LogP contribution in [-0.2, 0) is 20.6 Å². The summed E-state index contributed by atoms with van der Waals surface area (Å²) >= 11 is 0. The zero-order valence-corrected chi connectivity index (χ0v) is 12.5. The number of anilines is 1. The molecule has 0 bridgehead atoms. The lowest BCUT2D eigenvalue weighted by molar-refractivity contribution is 0.577. The van der Waals surface area contributed by atoms with Gasteiger partial charge in [-0.3, -0.25) is 13.9 Å². The van der Waals surface area contributed by atoms with Crippen LogP contribution in [0.3, 0.4) is 0 Å². The molecule has 3 heterocycles. The van der Waals surface area contributed by atoms with Crippen molar-refractivity contribution in [1.82, 2.24) is 18.7 Å². The van der Waals surface area contributed by atoms with Crippen LogP contribution >= 0.6 is 0 Å². The lowest BCUT2D eigenvalue weighted by Gasteiger charge is -2.27. The number of aryl methyl sites for hydroxylation is 2. The van der Waals surface area contributed by atoms with Crippen molar-refractivity contribution in [2.75, 3.05) is 18.0 Å². The van der Waals surface area contributed by atoms with Gasteiger partial charge in [0.05, 0.1) is 0 Å². The SMILES string of the molecule is C/C=C/CN1CCCn2c1nc1c2c(=O)n(C)c(=O)n1C. The minimum absolute atomic E-state index is 0.278. The van der Waals surface area contributed by atoms with Crippen molar-refractivity contribution in [3.63, 3.8) is 0 Å². The van der Waals surface area contributed by atoms with E-state index >= 15 is 0 Å². The summed E-state index contributed by atoms with van der Waals surface area (Å²) in [6, 6.07) is 0. The second kappa shape index (κ2) is 4.91. The number of fused-ring (bicyclic) bond motifs is 3. The van der Waals surface area contributed by atoms with E-state index in [0.717, 1.165) is 36.6 Å². The highest BCUT2D eigenvalue weighted by Gasteiger charge is 2.24. The van der Waals surface area contributed by atoms with Crippen molar-refractivity contribution >= 4 is 17.1 Å². The predicted molar refractivity (Wildman–Crippen MR) is 81.9 cm³/mol. The first kappa shape index (κ1) is 13.7. The van der Waals surface area contributed by atoms with E-state index in [1.165, 1.54) is 11.6 Å². The highest BCUT2D eigenvalue weighted by atomic mass is 16.2. The van der Waals surface area contributed by atoms with Crippen molar-refractivity contribution in [3.05, 3.63) is 33.0 Å². The van der Waals surface area contributed by atoms with Gasteiger partial charge in [-0.2, -0.15) is 4.98 Å². The molecule has 7 heteroatoms. The van der Waals surface area contributed by atoms with E-state index in [9.17, 15) is 9.59 Å². The summed E-state index contributed by atoms with van der Waals surface area (Å²) in [5.41, 5.74) is 0.355. The maximum absolute atomic E-state index is 12.4. The molecular formula is C14H19N5O2. The molecule has 0 N–H and O–H groups in total. The van der Waals surface area contributed by atoms with Crippen LogP contribution in [0.25, 0.3) is 11.2 Å². The van der Waals surface area contributed by atoms with E-state index in [1.807, 2.05) is 17.6 Å². The van der Waals surface area contributed by atoms with Gasteiger partial charge in [-0.25, -0.2) is 4.79 Å². The topological polar surface area (TPSA) is 65.1 Å². The zero-order valence-electron chi connectivity index (χ0n) is 12.5. The van der Waals surface area contributed by atoms with Crippen LogP contribution in [-0.4, -0.2) is 31.8 Å². The smallest absolute Gasteiger partial charge is 0.332 e. The number of rotatable bonds is 2. The first-order valence-electron chi connectivity index (χ1n) is 7.08. The van der Waals surface area contributed by atoms with Gasteiger partial charge in [0.1, 0.15) is 0 Å². The predicted octanol–water partition coefficient (Wildman–Crippen LogP) is 0.220. The summed E-state index contributed by atoms with van der Waals surface area (Å²) in [5, 5.41) is 0. The third kappa shape index (κ3) is 1.91. The fourth-order valence-corrected chi connectivity index (χ4v) is 2.81. The van der Waals surface area contributed by atoms with Crippen molar-refractivity contribution in [3.8, 4) is 0 Å². The third-order valence-electron chi connectivity index (χ3n) is 3.98. The van der Waals surface area contributed by atoms with Crippen molar-refractivity contribution in [2.24, 2.45) is 14.1 Å². The van der Waals surface area contributed by atoms with Crippen LogP contribution in [0.5, 0.6) is 0 Å². The fraction of sp³-hybridized carbons (Fsp3) is 0.500. The number of aromatic nitrogens is 4. The van der Waals surface area contributed by atoms with Gasteiger partial charge in [0.15, 0.2) is 11.2 Å². The van der Waals surface area contributed by atoms with Gasteiger partial charge in [-0.05, 0) is 13.3 Å². The molecule has 1 aliphatic heterocycles. The van der Waals surface area contributed by atoms with E-state index < -0.39 is 0 Å². The number of hydrogen-bond acceptors (Lipinski definition) is 4. The minimum atomic E-state index is -0.344. The average Bonchev–Trinajstić information content (AvgIpc) is 2.89. The maximum atomic E-state index is 12.4. The molecule has 3 rings (SSSR count). The van der Waals surface area contributed by atoms with Crippen LogP contribution in [0.4, 0.5) is 5.95 Å². The second-order valence-electron chi connectivity index (χ2n) is 5.31. The van der Waals surface area contributed by atoms with E-state index in [-0.39, 0.29) is 11.2 Å². The Hall–Kier alpha value is -2.31. The number of allylic oxidation sites excluding steroid dienone is 1. The lowest BCUT2D eigenvalue weighted by atomic mass is 10.3. The molecule has 112 valence electrons. The van der Waals surface area contributed by atoms with Crippen LogP contribution in [0.15, 0.2) is 21.7 Å². The Balaban J connectivity index is 2.31. The number of imidazole rings is 1. The Morgan fingerprint density at radius 1 is 1.19 bits per heavy atom. The van der Waals surface area contributed by atoms with Crippen LogP contribution in [0.2, 0.25) is 0 Å². The number of nitrogens with zero attached hydrogens (tertiary/aromatic N) is 5. The highest BCUT2D eigenvalue weighted by Crippen LogP contribution is 2.23. The first-order valence-corrected chi connectivity index (χ1v) is 7.08. The van der Waals surface area contributed by atoms with Gasteiger partial charge in [-0.1, -0.05) is 12.2 Å². The summed E-state index contributed by atoms with van der Waals surface area (Å²) in [4.78, 5) is 31.1. The van der Waals surface area contributed by atoms with Crippen LogP contribution < -0.4 is 16.1 Å². The molecule has 0 amide bonds. The highest BCUT2D eigenvalue weighted by molar-refractivity contribution is 5.74.